The Morgan fingerprint density at radius 1 is 1.35 bits per heavy atom. The lowest BCUT2D eigenvalue weighted by Crippen LogP contribution is -2.25. The third kappa shape index (κ3) is 3.84. The molecule has 0 unspecified atom stereocenters. The molecule has 1 rings (SSSR count). The molecule has 0 aliphatic carbocycles. The Kier molecular flexibility index (Phi) is 4.45. The van der Waals surface area contributed by atoms with Crippen molar-refractivity contribution in [3.05, 3.63) is 33.3 Å². The minimum absolute atomic E-state index is 0.108. The van der Waals surface area contributed by atoms with Gasteiger partial charge in [-0.05, 0) is 17.7 Å². The molecule has 0 fully saturated rings. The Labute approximate surface area is 109 Å². The number of hydrogen-bond donors (Lipinski definition) is 0. The van der Waals surface area contributed by atoms with E-state index in [-0.39, 0.29) is 10.6 Å². The van der Waals surface area contributed by atoms with E-state index < -0.39 is 22.2 Å². The average Bonchev–Trinajstić information content (AvgIpc) is 2.14. The molecule has 0 bridgehead atoms. The molecule has 0 saturated heterocycles. The Hall–Kier alpha value is -0.310. The zero-order chi connectivity index (χ0) is 13.3. The lowest BCUT2D eigenvalue weighted by Gasteiger charge is -2.09. The Morgan fingerprint density at radius 3 is 2.41 bits per heavy atom. The zero-order valence-electron chi connectivity index (χ0n) is 7.96. The minimum Gasteiger partial charge on any atom is -0.258 e. The second kappa shape index (κ2) is 5.13. The molecule has 9 heteroatoms. The third-order valence-corrected chi connectivity index (χ3v) is 3.51. The Morgan fingerprint density at radius 2 is 1.94 bits per heavy atom. The van der Waals surface area contributed by atoms with E-state index in [1.165, 1.54) is 18.2 Å². The van der Waals surface area contributed by atoms with Crippen molar-refractivity contribution < 1.29 is 25.8 Å². The highest BCUT2D eigenvalue weighted by Gasteiger charge is 2.47. The van der Waals surface area contributed by atoms with Crippen molar-refractivity contribution in [2.24, 2.45) is 0 Å². The van der Waals surface area contributed by atoms with Crippen molar-refractivity contribution >= 4 is 37.6 Å². The van der Waals surface area contributed by atoms with Gasteiger partial charge >= 0.3 is 15.6 Å². The normalized spacial score (nSPS) is 12.8. The van der Waals surface area contributed by atoms with Gasteiger partial charge in [-0.3, -0.25) is 4.18 Å². The van der Waals surface area contributed by atoms with E-state index in [0.717, 1.165) is 0 Å². The average molecular weight is 354 g/mol. The first kappa shape index (κ1) is 14.7. The molecule has 0 radical (unpaired) electrons. The molecule has 1 aromatic carbocycles. The van der Waals surface area contributed by atoms with Crippen LogP contribution >= 0.6 is 27.5 Å². The summed E-state index contributed by atoms with van der Waals surface area (Å²) in [7, 11) is -5.59. The Bertz CT molecular complexity index is 515. The van der Waals surface area contributed by atoms with E-state index in [9.17, 15) is 21.6 Å². The molecule has 0 spiro atoms. The van der Waals surface area contributed by atoms with E-state index in [1.807, 2.05) is 0 Å². The summed E-state index contributed by atoms with van der Waals surface area (Å²) in [6.07, 6.45) is 0. The first-order valence-corrected chi connectivity index (χ1v) is 6.61. The molecule has 0 heterocycles. The standard InChI is InChI=1S/C8H5BrClF3O3S/c9-6-2-1-5(7(10)3-6)4-16-17(14,15)8(11,12)13/h1-3H,4H2. The van der Waals surface area contributed by atoms with Crippen molar-refractivity contribution in [2.45, 2.75) is 12.1 Å². The smallest absolute Gasteiger partial charge is 0.258 e. The van der Waals surface area contributed by atoms with Crippen LogP contribution in [-0.4, -0.2) is 13.9 Å². The van der Waals surface area contributed by atoms with Gasteiger partial charge in [0.15, 0.2) is 0 Å². The molecule has 0 saturated carbocycles. The zero-order valence-corrected chi connectivity index (χ0v) is 11.1. The van der Waals surface area contributed by atoms with Crippen molar-refractivity contribution in [3.8, 4) is 0 Å². The SMILES string of the molecule is O=S(=O)(OCc1ccc(Br)cc1Cl)C(F)(F)F. The fraction of sp³-hybridized carbons (Fsp3) is 0.250. The number of hydrogen-bond acceptors (Lipinski definition) is 3. The summed E-state index contributed by atoms with van der Waals surface area (Å²) in [5.41, 5.74) is -5.29. The van der Waals surface area contributed by atoms with Gasteiger partial charge in [-0.1, -0.05) is 33.6 Å². The van der Waals surface area contributed by atoms with Crippen LogP contribution in [0.3, 0.4) is 0 Å². The van der Waals surface area contributed by atoms with Gasteiger partial charge in [-0.2, -0.15) is 21.6 Å². The molecule has 0 aliphatic heterocycles. The topological polar surface area (TPSA) is 43.4 Å². The summed E-state index contributed by atoms with van der Waals surface area (Å²) in [5, 5.41) is 0.108. The fourth-order valence-corrected chi connectivity index (χ4v) is 1.99. The molecule has 1 aromatic rings. The first-order valence-electron chi connectivity index (χ1n) is 4.03. The number of benzene rings is 1. The van der Waals surface area contributed by atoms with Gasteiger partial charge in [0.05, 0.1) is 6.61 Å². The van der Waals surface area contributed by atoms with E-state index in [0.29, 0.717) is 4.47 Å². The molecule has 17 heavy (non-hydrogen) atoms. The van der Waals surface area contributed by atoms with Gasteiger partial charge in [-0.25, -0.2) is 0 Å². The van der Waals surface area contributed by atoms with Crippen molar-refractivity contribution in [1.82, 2.24) is 0 Å². The van der Waals surface area contributed by atoms with Crippen LogP contribution in [0.5, 0.6) is 0 Å². The lowest BCUT2D eigenvalue weighted by molar-refractivity contribution is -0.0547. The van der Waals surface area contributed by atoms with Crippen LogP contribution in [0.15, 0.2) is 22.7 Å². The van der Waals surface area contributed by atoms with Gasteiger partial charge in [0.1, 0.15) is 0 Å². The highest BCUT2D eigenvalue weighted by atomic mass is 79.9. The minimum atomic E-state index is -5.59. The van der Waals surface area contributed by atoms with E-state index in [1.54, 1.807) is 0 Å². The molecule has 0 aliphatic rings. The lowest BCUT2D eigenvalue weighted by atomic mass is 10.2. The maximum Gasteiger partial charge on any atom is 0.523 e. The number of alkyl halides is 3. The predicted octanol–water partition coefficient (Wildman–Crippen LogP) is 3.47. The van der Waals surface area contributed by atoms with Crippen molar-refractivity contribution in [2.75, 3.05) is 0 Å². The van der Waals surface area contributed by atoms with Crippen molar-refractivity contribution in [1.29, 1.82) is 0 Å². The summed E-state index contributed by atoms with van der Waals surface area (Å²) >= 11 is 8.78. The maximum atomic E-state index is 11.9. The first-order chi connectivity index (χ1) is 7.63. The van der Waals surface area contributed by atoms with E-state index in [2.05, 4.69) is 20.1 Å². The van der Waals surface area contributed by atoms with Crippen LogP contribution in [0.1, 0.15) is 5.56 Å². The molecule has 0 atom stereocenters. The molecular weight excluding hydrogens is 349 g/mol. The van der Waals surface area contributed by atoms with Crippen LogP contribution in [0.4, 0.5) is 13.2 Å². The number of halogens is 5. The molecule has 3 nitrogen and oxygen atoms in total. The second-order valence-corrected chi connectivity index (χ2v) is 5.83. The van der Waals surface area contributed by atoms with Crippen LogP contribution < -0.4 is 0 Å². The monoisotopic (exact) mass is 352 g/mol. The number of rotatable bonds is 3. The molecular formula is C8H5BrClF3O3S. The molecule has 0 aromatic heterocycles. The quantitative estimate of drug-likeness (QED) is 0.617. The van der Waals surface area contributed by atoms with Gasteiger partial charge in [0.2, 0.25) is 0 Å². The van der Waals surface area contributed by atoms with Gasteiger partial charge < -0.3 is 0 Å². The van der Waals surface area contributed by atoms with E-state index in [4.69, 9.17) is 11.6 Å². The summed E-state index contributed by atoms with van der Waals surface area (Å²) in [5.74, 6) is 0. The van der Waals surface area contributed by atoms with Crippen LogP contribution in [-0.2, 0) is 20.9 Å². The van der Waals surface area contributed by atoms with Crippen LogP contribution in [0.25, 0.3) is 0 Å². The van der Waals surface area contributed by atoms with Crippen LogP contribution in [0, 0.1) is 0 Å². The largest absolute Gasteiger partial charge is 0.523 e. The molecule has 96 valence electrons. The van der Waals surface area contributed by atoms with Gasteiger partial charge in [0, 0.05) is 9.50 Å². The summed E-state index contributed by atoms with van der Waals surface area (Å²) < 4.78 is 61.5. The van der Waals surface area contributed by atoms with Gasteiger partial charge in [0.25, 0.3) is 0 Å². The van der Waals surface area contributed by atoms with Gasteiger partial charge in [-0.15, -0.1) is 0 Å². The fourth-order valence-electron chi connectivity index (χ4n) is 0.847. The van der Waals surface area contributed by atoms with Crippen molar-refractivity contribution in [3.63, 3.8) is 0 Å². The summed E-state index contributed by atoms with van der Waals surface area (Å²) in [4.78, 5) is 0. The summed E-state index contributed by atoms with van der Waals surface area (Å²) in [6, 6.07) is 4.28. The molecule has 0 amide bonds. The Balaban J connectivity index is 2.82. The highest BCUT2D eigenvalue weighted by Crippen LogP contribution is 2.27. The maximum absolute atomic E-state index is 11.9. The van der Waals surface area contributed by atoms with E-state index >= 15 is 0 Å². The predicted molar refractivity (Wildman–Crippen MR) is 58.9 cm³/mol. The molecule has 0 N–H and O–H groups in total. The summed E-state index contributed by atoms with van der Waals surface area (Å²) in [6.45, 7) is -0.770. The second-order valence-electron chi connectivity index (χ2n) is 2.90. The highest BCUT2D eigenvalue weighted by molar-refractivity contribution is 9.10. The third-order valence-electron chi connectivity index (χ3n) is 1.67. The van der Waals surface area contributed by atoms with Crippen LogP contribution in [0.2, 0.25) is 5.02 Å².